The van der Waals surface area contributed by atoms with Crippen LogP contribution in [0.3, 0.4) is 0 Å². The molecule has 0 saturated heterocycles. The summed E-state index contributed by atoms with van der Waals surface area (Å²) in [5, 5.41) is 2.39. The van der Waals surface area contributed by atoms with Gasteiger partial charge in [-0.1, -0.05) is 23.4 Å². The number of halogens is 1. The fraction of sp³-hybridized carbons (Fsp3) is 0.267. The molecule has 3 rings (SSSR count). The number of aromatic nitrogens is 2. The van der Waals surface area contributed by atoms with Gasteiger partial charge in [-0.15, -0.1) is 22.7 Å². The highest BCUT2D eigenvalue weighted by Crippen LogP contribution is 2.23. The third kappa shape index (κ3) is 3.66. The Kier molecular flexibility index (Phi) is 5.29. The first-order chi connectivity index (χ1) is 11.5. The molecule has 0 aliphatic heterocycles. The van der Waals surface area contributed by atoms with E-state index in [-0.39, 0.29) is 17.2 Å². The van der Waals surface area contributed by atoms with Gasteiger partial charge in [0.25, 0.3) is 5.56 Å². The number of carbonyl (C=O) groups excluding carboxylic acids is 1. The van der Waals surface area contributed by atoms with Crippen LogP contribution in [0.1, 0.15) is 4.88 Å². The smallest absolute Gasteiger partial charge is 0.271 e. The zero-order valence-electron chi connectivity index (χ0n) is 13.0. The van der Waals surface area contributed by atoms with E-state index in [1.807, 2.05) is 23.6 Å². The van der Waals surface area contributed by atoms with E-state index in [0.717, 1.165) is 4.88 Å². The number of nitrogens with zero attached hydrogens (tertiary/aromatic N) is 3. The van der Waals surface area contributed by atoms with E-state index in [2.05, 4.69) is 4.98 Å². The number of amides is 1. The van der Waals surface area contributed by atoms with Gasteiger partial charge in [0.05, 0.1) is 22.2 Å². The average Bonchev–Trinajstić information content (AvgIpc) is 3.18. The molecular formula is C15H14ClN3O2S3. The molecule has 9 heteroatoms. The molecule has 3 heterocycles. The molecule has 5 nitrogen and oxygen atoms in total. The lowest BCUT2D eigenvalue weighted by Crippen LogP contribution is -2.28. The standard InChI is InChI=1S/C15H14ClN3O2S3/c1-18(7-9-3-4-11(16)24-9)12(20)8-23-15-17-10-5-6-22-13(10)14(21)19(15)2/h3-6H,7-8H2,1-2H3. The highest BCUT2D eigenvalue weighted by molar-refractivity contribution is 7.99. The first kappa shape index (κ1) is 17.5. The van der Waals surface area contributed by atoms with Crippen LogP contribution < -0.4 is 5.56 Å². The number of thioether (sulfide) groups is 1. The normalized spacial score (nSPS) is 11.1. The summed E-state index contributed by atoms with van der Waals surface area (Å²) in [6.45, 7) is 0.521. The molecule has 0 bridgehead atoms. The molecule has 3 aromatic rings. The van der Waals surface area contributed by atoms with Gasteiger partial charge in [-0.05, 0) is 23.6 Å². The largest absolute Gasteiger partial charge is 0.340 e. The van der Waals surface area contributed by atoms with Crippen molar-refractivity contribution in [1.82, 2.24) is 14.5 Å². The number of rotatable bonds is 5. The van der Waals surface area contributed by atoms with Crippen molar-refractivity contribution in [3.8, 4) is 0 Å². The van der Waals surface area contributed by atoms with E-state index in [4.69, 9.17) is 11.6 Å². The molecule has 3 aromatic heterocycles. The van der Waals surface area contributed by atoms with Crippen molar-refractivity contribution in [3.05, 3.63) is 43.1 Å². The molecule has 126 valence electrons. The second kappa shape index (κ2) is 7.26. The zero-order chi connectivity index (χ0) is 17.3. The molecule has 0 spiro atoms. The summed E-state index contributed by atoms with van der Waals surface area (Å²) in [5.41, 5.74) is 0.603. The minimum absolute atomic E-state index is 0.0239. The zero-order valence-corrected chi connectivity index (χ0v) is 16.2. The summed E-state index contributed by atoms with van der Waals surface area (Å²) in [4.78, 5) is 31.7. The molecule has 0 fully saturated rings. The Morgan fingerprint density at radius 2 is 2.21 bits per heavy atom. The van der Waals surface area contributed by atoms with Crippen LogP contribution >= 0.6 is 46.0 Å². The third-order valence-corrected chi connectivity index (χ3v) is 6.54. The minimum Gasteiger partial charge on any atom is -0.340 e. The lowest BCUT2D eigenvalue weighted by Gasteiger charge is -2.16. The SMILES string of the molecule is CN(Cc1ccc(Cl)s1)C(=O)CSc1nc2ccsc2c(=O)n1C. The molecular weight excluding hydrogens is 386 g/mol. The van der Waals surface area contributed by atoms with Crippen LogP contribution in [0.5, 0.6) is 0 Å². The molecule has 0 aliphatic rings. The van der Waals surface area contributed by atoms with Gasteiger partial charge in [-0.2, -0.15) is 0 Å². The first-order valence-electron chi connectivity index (χ1n) is 7.01. The number of hydrogen-bond donors (Lipinski definition) is 0. The molecule has 0 radical (unpaired) electrons. The summed E-state index contributed by atoms with van der Waals surface area (Å²) in [6.07, 6.45) is 0. The Labute approximate surface area is 155 Å². The van der Waals surface area contributed by atoms with Crippen LogP contribution in [0, 0.1) is 0 Å². The maximum absolute atomic E-state index is 12.3. The number of thiophene rings is 2. The first-order valence-corrected chi connectivity index (χ1v) is 10.1. The molecule has 0 saturated carbocycles. The van der Waals surface area contributed by atoms with E-state index in [0.29, 0.717) is 26.3 Å². The Morgan fingerprint density at radius 1 is 1.42 bits per heavy atom. The monoisotopic (exact) mass is 399 g/mol. The van der Waals surface area contributed by atoms with Crippen LogP contribution in [-0.4, -0.2) is 33.2 Å². The summed E-state index contributed by atoms with van der Waals surface area (Å²) in [6, 6.07) is 5.56. The molecule has 0 atom stereocenters. The topological polar surface area (TPSA) is 55.2 Å². The van der Waals surface area contributed by atoms with Crippen molar-refractivity contribution in [1.29, 1.82) is 0 Å². The number of carbonyl (C=O) groups is 1. The molecule has 0 aromatic carbocycles. The van der Waals surface area contributed by atoms with Crippen LogP contribution in [0.25, 0.3) is 10.2 Å². The number of hydrogen-bond acceptors (Lipinski definition) is 6. The minimum atomic E-state index is -0.0773. The van der Waals surface area contributed by atoms with E-state index in [1.165, 1.54) is 39.0 Å². The van der Waals surface area contributed by atoms with Gasteiger partial charge in [0.1, 0.15) is 4.70 Å². The van der Waals surface area contributed by atoms with Crippen molar-refractivity contribution in [2.24, 2.45) is 7.05 Å². The predicted octanol–water partition coefficient (Wildman–Crippen LogP) is 3.46. The number of fused-ring (bicyclic) bond motifs is 1. The van der Waals surface area contributed by atoms with Gasteiger partial charge >= 0.3 is 0 Å². The van der Waals surface area contributed by atoms with Gasteiger partial charge in [0.2, 0.25) is 5.91 Å². The quantitative estimate of drug-likeness (QED) is 0.487. The van der Waals surface area contributed by atoms with Crippen molar-refractivity contribution in [2.75, 3.05) is 12.8 Å². The van der Waals surface area contributed by atoms with Crippen molar-refractivity contribution < 1.29 is 4.79 Å². The summed E-state index contributed by atoms with van der Waals surface area (Å²) in [7, 11) is 3.43. The molecule has 0 unspecified atom stereocenters. The van der Waals surface area contributed by atoms with E-state index >= 15 is 0 Å². The van der Waals surface area contributed by atoms with Crippen LogP contribution in [0.15, 0.2) is 33.5 Å². The molecule has 0 aliphatic carbocycles. The lowest BCUT2D eigenvalue weighted by molar-refractivity contribution is -0.127. The van der Waals surface area contributed by atoms with Crippen LogP contribution in [0.4, 0.5) is 0 Å². The maximum atomic E-state index is 12.3. The summed E-state index contributed by atoms with van der Waals surface area (Å²) < 4.78 is 2.85. The maximum Gasteiger partial charge on any atom is 0.271 e. The van der Waals surface area contributed by atoms with E-state index in [1.54, 1.807) is 19.0 Å². The van der Waals surface area contributed by atoms with Crippen LogP contribution in [-0.2, 0) is 18.4 Å². The second-order valence-electron chi connectivity index (χ2n) is 5.14. The lowest BCUT2D eigenvalue weighted by atomic mass is 10.4. The Bertz CT molecular complexity index is 947. The van der Waals surface area contributed by atoms with Crippen molar-refractivity contribution in [3.63, 3.8) is 0 Å². The summed E-state index contributed by atoms with van der Waals surface area (Å²) >= 11 is 10.0. The van der Waals surface area contributed by atoms with Gasteiger partial charge in [-0.25, -0.2) is 4.98 Å². The molecule has 24 heavy (non-hydrogen) atoms. The molecule has 1 amide bonds. The fourth-order valence-corrected chi connectivity index (χ4v) is 4.95. The Balaban J connectivity index is 1.67. The van der Waals surface area contributed by atoms with Gasteiger partial charge < -0.3 is 4.90 Å². The highest BCUT2D eigenvalue weighted by Gasteiger charge is 2.14. The predicted molar refractivity (Wildman–Crippen MR) is 101 cm³/mol. The van der Waals surface area contributed by atoms with Crippen molar-refractivity contribution in [2.45, 2.75) is 11.7 Å². The fourth-order valence-electron chi connectivity index (χ4n) is 2.09. The van der Waals surface area contributed by atoms with E-state index in [9.17, 15) is 9.59 Å². The highest BCUT2D eigenvalue weighted by atomic mass is 35.5. The summed E-state index contributed by atoms with van der Waals surface area (Å²) in [5.74, 6) is 0.204. The Hall–Kier alpha value is -1.35. The van der Waals surface area contributed by atoms with Crippen LogP contribution in [0.2, 0.25) is 4.34 Å². The second-order valence-corrected chi connectivity index (χ2v) is 8.80. The third-order valence-electron chi connectivity index (χ3n) is 3.42. The van der Waals surface area contributed by atoms with Gasteiger partial charge in [0, 0.05) is 19.0 Å². The van der Waals surface area contributed by atoms with Gasteiger partial charge in [0.15, 0.2) is 5.16 Å². The molecule has 0 N–H and O–H groups in total. The van der Waals surface area contributed by atoms with Crippen molar-refractivity contribution >= 4 is 62.2 Å². The van der Waals surface area contributed by atoms with Gasteiger partial charge in [-0.3, -0.25) is 14.2 Å². The Morgan fingerprint density at radius 3 is 2.92 bits per heavy atom. The average molecular weight is 400 g/mol. The van der Waals surface area contributed by atoms with E-state index < -0.39 is 0 Å².